The highest BCUT2D eigenvalue weighted by atomic mass is 16.5. The van der Waals surface area contributed by atoms with Crippen molar-refractivity contribution in [1.82, 2.24) is 5.32 Å². The van der Waals surface area contributed by atoms with E-state index in [0.29, 0.717) is 12.6 Å². The van der Waals surface area contributed by atoms with Gasteiger partial charge in [0.15, 0.2) is 0 Å². The largest absolute Gasteiger partial charge is 0.494 e. The van der Waals surface area contributed by atoms with Gasteiger partial charge in [-0.2, -0.15) is 0 Å². The summed E-state index contributed by atoms with van der Waals surface area (Å²) in [6, 6.07) is 8.11. The molecule has 0 saturated heterocycles. The van der Waals surface area contributed by atoms with E-state index in [9.17, 15) is 0 Å². The molecule has 2 rings (SSSR count). The SMILES string of the molecule is CCOc1ccc(OC2CC(NC)C2OC)cc1. The third-order valence-electron chi connectivity index (χ3n) is 3.31. The smallest absolute Gasteiger partial charge is 0.128 e. The quantitative estimate of drug-likeness (QED) is 0.837. The molecule has 3 unspecified atom stereocenters. The molecule has 100 valence electrons. The summed E-state index contributed by atoms with van der Waals surface area (Å²) in [6.07, 6.45) is 1.23. The summed E-state index contributed by atoms with van der Waals surface area (Å²) in [7, 11) is 3.67. The Morgan fingerprint density at radius 1 is 1.22 bits per heavy atom. The van der Waals surface area contributed by atoms with Crippen LogP contribution in [0.15, 0.2) is 24.3 Å². The molecule has 1 fully saturated rings. The predicted molar refractivity (Wildman–Crippen MR) is 70.3 cm³/mol. The van der Waals surface area contributed by atoms with E-state index in [0.717, 1.165) is 17.9 Å². The predicted octanol–water partition coefficient (Wildman–Crippen LogP) is 1.84. The fourth-order valence-electron chi connectivity index (χ4n) is 2.25. The van der Waals surface area contributed by atoms with Gasteiger partial charge in [0.05, 0.1) is 6.61 Å². The monoisotopic (exact) mass is 251 g/mol. The van der Waals surface area contributed by atoms with Crippen LogP contribution in [0.1, 0.15) is 13.3 Å². The van der Waals surface area contributed by atoms with Gasteiger partial charge in [-0.25, -0.2) is 0 Å². The number of nitrogens with one attached hydrogen (secondary N) is 1. The van der Waals surface area contributed by atoms with Gasteiger partial charge in [0.25, 0.3) is 0 Å². The zero-order valence-electron chi connectivity index (χ0n) is 11.2. The molecule has 0 aromatic heterocycles. The molecule has 4 nitrogen and oxygen atoms in total. The lowest BCUT2D eigenvalue weighted by Gasteiger charge is -2.42. The average Bonchev–Trinajstić information content (AvgIpc) is 2.37. The van der Waals surface area contributed by atoms with Crippen molar-refractivity contribution in [3.05, 3.63) is 24.3 Å². The Bertz CT molecular complexity index is 366. The molecule has 0 aliphatic heterocycles. The number of rotatable bonds is 6. The third kappa shape index (κ3) is 2.76. The van der Waals surface area contributed by atoms with E-state index < -0.39 is 0 Å². The van der Waals surface area contributed by atoms with Crippen molar-refractivity contribution >= 4 is 0 Å². The van der Waals surface area contributed by atoms with Gasteiger partial charge >= 0.3 is 0 Å². The number of ether oxygens (including phenoxy) is 3. The van der Waals surface area contributed by atoms with Crippen LogP contribution in [0, 0.1) is 0 Å². The average molecular weight is 251 g/mol. The van der Waals surface area contributed by atoms with Crippen molar-refractivity contribution in [2.75, 3.05) is 20.8 Å². The lowest BCUT2D eigenvalue weighted by Crippen LogP contribution is -2.60. The van der Waals surface area contributed by atoms with Gasteiger partial charge in [-0.05, 0) is 38.2 Å². The van der Waals surface area contributed by atoms with Crippen LogP contribution in [0.5, 0.6) is 11.5 Å². The summed E-state index contributed by atoms with van der Waals surface area (Å²) in [6.45, 7) is 2.65. The molecular weight excluding hydrogens is 230 g/mol. The van der Waals surface area contributed by atoms with E-state index >= 15 is 0 Å². The van der Waals surface area contributed by atoms with Crippen molar-refractivity contribution < 1.29 is 14.2 Å². The molecule has 0 spiro atoms. The minimum absolute atomic E-state index is 0.126. The topological polar surface area (TPSA) is 39.7 Å². The molecular formula is C14H21NO3. The highest BCUT2D eigenvalue weighted by Gasteiger charge is 2.42. The van der Waals surface area contributed by atoms with E-state index in [1.54, 1.807) is 7.11 Å². The molecule has 0 radical (unpaired) electrons. The fraction of sp³-hybridized carbons (Fsp3) is 0.571. The van der Waals surface area contributed by atoms with Crippen molar-refractivity contribution in [2.45, 2.75) is 31.6 Å². The van der Waals surface area contributed by atoms with E-state index in [1.807, 2.05) is 38.2 Å². The van der Waals surface area contributed by atoms with E-state index in [1.165, 1.54) is 0 Å². The second kappa shape index (κ2) is 6.07. The normalized spacial score (nSPS) is 26.5. The zero-order chi connectivity index (χ0) is 13.0. The molecule has 1 saturated carbocycles. The maximum atomic E-state index is 5.90. The summed E-state index contributed by atoms with van der Waals surface area (Å²) >= 11 is 0. The number of likely N-dealkylation sites (N-methyl/N-ethyl adjacent to an activating group) is 1. The molecule has 0 amide bonds. The highest BCUT2D eigenvalue weighted by Crippen LogP contribution is 2.29. The molecule has 0 heterocycles. The first-order chi connectivity index (χ1) is 8.78. The molecule has 1 aliphatic carbocycles. The number of hydrogen-bond donors (Lipinski definition) is 1. The Labute approximate surface area is 108 Å². The third-order valence-corrected chi connectivity index (χ3v) is 3.31. The summed E-state index contributed by atoms with van der Waals surface area (Å²) in [5.74, 6) is 1.73. The molecule has 4 heteroatoms. The van der Waals surface area contributed by atoms with Gasteiger partial charge in [0, 0.05) is 19.6 Å². The van der Waals surface area contributed by atoms with Crippen LogP contribution >= 0.6 is 0 Å². The van der Waals surface area contributed by atoms with Crippen LogP contribution in [-0.2, 0) is 4.74 Å². The minimum atomic E-state index is 0.126. The molecule has 1 N–H and O–H groups in total. The van der Waals surface area contributed by atoms with Gasteiger partial charge in [-0.3, -0.25) is 0 Å². The Hall–Kier alpha value is -1.26. The fourth-order valence-corrected chi connectivity index (χ4v) is 2.25. The first-order valence-electron chi connectivity index (χ1n) is 6.38. The Morgan fingerprint density at radius 3 is 2.44 bits per heavy atom. The van der Waals surface area contributed by atoms with Crippen LogP contribution in [0.25, 0.3) is 0 Å². The van der Waals surface area contributed by atoms with Crippen LogP contribution < -0.4 is 14.8 Å². The summed E-state index contributed by atoms with van der Waals surface area (Å²) in [5.41, 5.74) is 0. The maximum absolute atomic E-state index is 5.90. The van der Waals surface area contributed by atoms with Gasteiger partial charge in [0.2, 0.25) is 0 Å². The minimum Gasteiger partial charge on any atom is -0.494 e. The second-order valence-electron chi connectivity index (χ2n) is 4.39. The molecule has 0 bridgehead atoms. The zero-order valence-corrected chi connectivity index (χ0v) is 11.2. The van der Waals surface area contributed by atoms with Gasteiger partial charge in [-0.1, -0.05) is 0 Å². The van der Waals surface area contributed by atoms with Gasteiger partial charge in [-0.15, -0.1) is 0 Å². The Morgan fingerprint density at radius 2 is 1.89 bits per heavy atom. The van der Waals surface area contributed by atoms with Crippen LogP contribution in [0.2, 0.25) is 0 Å². The van der Waals surface area contributed by atoms with Crippen molar-refractivity contribution in [3.63, 3.8) is 0 Å². The second-order valence-corrected chi connectivity index (χ2v) is 4.39. The lowest BCUT2D eigenvalue weighted by atomic mass is 9.85. The molecule has 1 aromatic carbocycles. The standard InChI is InChI=1S/C14H21NO3/c1-4-17-10-5-7-11(8-6-10)18-13-9-12(15-2)14(13)16-3/h5-8,12-15H,4,9H2,1-3H3. The first-order valence-corrected chi connectivity index (χ1v) is 6.38. The first kappa shape index (κ1) is 13.2. The Kier molecular flexibility index (Phi) is 4.44. The summed E-state index contributed by atoms with van der Waals surface area (Å²) < 4.78 is 16.7. The molecule has 1 aromatic rings. The van der Waals surface area contributed by atoms with Gasteiger partial charge in [0.1, 0.15) is 23.7 Å². The number of benzene rings is 1. The number of hydrogen-bond acceptors (Lipinski definition) is 4. The Balaban J connectivity index is 1.90. The maximum Gasteiger partial charge on any atom is 0.128 e. The summed E-state index contributed by atoms with van der Waals surface area (Å²) in [5, 5.41) is 3.22. The molecule has 1 aliphatic rings. The van der Waals surface area contributed by atoms with E-state index in [4.69, 9.17) is 14.2 Å². The van der Waals surface area contributed by atoms with Crippen LogP contribution in [0.3, 0.4) is 0 Å². The van der Waals surface area contributed by atoms with Gasteiger partial charge < -0.3 is 19.5 Å². The van der Waals surface area contributed by atoms with Crippen LogP contribution in [0.4, 0.5) is 0 Å². The van der Waals surface area contributed by atoms with E-state index in [2.05, 4.69) is 5.32 Å². The number of methoxy groups -OCH3 is 1. The van der Waals surface area contributed by atoms with Crippen LogP contribution in [-0.4, -0.2) is 39.0 Å². The lowest BCUT2D eigenvalue weighted by molar-refractivity contribution is -0.0869. The molecule has 3 atom stereocenters. The van der Waals surface area contributed by atoms with Crippen molar-refractivity contribution in [1.29, 1.82) is 0 Å². The van der Waals surface area contributed by atoms with E-state index in [-0.39, 0.29) is 12.2 Å². The highest BCUT2D eigenvalue weighted by molar-refractivity contribution is 5.31. The van der Waals surface area contributed by atoms with Crippen molar-refractivity contribution in [3.8, 4) is 11.5 Å². The molecule has 18 heavy (non-hydrogen) atoms. The van der Waals surface area contributed by atoms with Crippen molar-refractivity contribution in [2.24, 2.45) is 0 Å². The summed E-state index contributed by atoms with van der Waals surface area (Å²) in [4.78, 5) is 0.